The highest BCUT2D eigenvalue weighted by Gasteiger charge is 2.09. The minimum atomic E-state index is -0.427. The van der Waals surface area contributed by atoms with Crippen LogP contribution in [0.3, 0.4) is 0 Å². The maximum atomic E-state index is 12.4. The number of pyridine rings is 1. The number of carbonyl (C=O) groups excluding carboxylic acids is 2. The molecule has 0 bridgehead atoms. The summed E-state index contributed by atoms with van der Waals surface area (Å²) in [5, 5.41) is 6.00. The Balaban J connectivity index is 1.61. The lowest BCUT2D eigenvalue weighted by atomic mass is 10.2. The Morgan fingerprint density at radius 2 is 1.48 bits per heavy atom. The zero-order valence-corrected chi connectivity index (χ0v) is 16.5. The molecule has 3 rings (SSSR count). The maximum Gasteiger partial charge on any atom is 0.337 e. The van der Waals surface area contributed by atoms with E-state index in [1.165, 1.54) is 7.11 Å². The molecular formula is C22H22N4O3. The van der Waals surface area contributed by atoms with Crippen molar-refractivity contribution in [2.45, 2.75) is 0 Å². The molecule has 2 aromatic carbocycles. The van der Waals surface area contributed by atoms with Gasteiger partial charge in [-0.05, 0) is 60.7 Å². The number of aromatic nitrogens is 1. The third-order valence-corrected chi connectivity index (χ3v) is 4.23. The van der Waals surface area contributed by atoms with E-state index in [9.17, 15) is 9.59 Å². The molecular weight excluding hydrogens is 368 g/mol. The number of hydrogen-bond acceptors (Lipinski definition) is 6. The van der Waals surface area contributed by atoms with E-state index >= 15 is 0 Å². The van der Waals surface area contributed by atoms with Crippen LogP contribution < -0.4 is 15.5 Å². The van der Waals surface area contributed by atoms with Gasteiger partial charge in [0.25, 0.3) is 5.91 Å². The van der Waals surface area contributed by atoms with E-state index in [4.69, 9.17) is 0 Å². The van der Waals surface area contributed by atoms with Gasteiger partial charge in [-0.25, -0.2) is 9.78 Å². The van der Waals surface area contributed by atoms with E-state index in [1.807, 2.05) is 43.3 Å². The number of hydrogen-bond donors (Lipinski definition) is 2. The number of methoxy groups -OCH3 is 1. The first kappa shape index (κ1) is 19.9. The molecule has 0 fully saturated rings. The molecule has 0 aliphatic carbocycles. The molecule has 3 aromatic rings. The van der Waals surface area contributed by atoms with Gasteiger partial charge in [-0.3, -0.25) is 4.79 Å². The second kappa shape index (κ2) is 8.88. The molecule has 7 nitrogen and oxygen atoms in total. The van der Waals surface area contributed by atoms with Crippen LogP contribution in [0, 0.1) is 0 Å². The fraction of sp³-hybridized carbons (Fsp3) is 0.136. The topological polar surface area (TPSA) is 83.6 Å². The van der Waals surface area contributed by atoms with Gasteiger partial charge in [-0.15, -0.1) is 0 Å². The third-order valence-electron chi connectivity index (χ3n) is 4.23. The fourth-order valence-electron chi connectivity index (χ4n) is 2.61. The number of amides is 1. The fourth-order valence-corrected chi connectivity index (χ4v) is 2.61. The molecule has 0 aliphatic rings. The molecule has 1 amide bonds. The molecule has 2 N–H and O–H groups in total. The average Bonchev–Trinajstić information content (AvgIpc) is 2.74. The normalized spacial score (nSPS) is 10.2. The van der Waals surface area contributed by atoms with Gasteiger partial charge >= 0.3 is 5.97 Å². The first-order chi connectivity index (χ1) is 14.0. The Kier molecular flexibility index (Phi) is 6.09. The van der Waals surface area contributed by atoms with Crippen LogP contribution in [0.2, 0.25) is 0 Å². The summed E-state index contributed by atoms with van der Waals surface area (Å²) in [5.41, 5.74) is 4.09. The van der Waals surface area contributed by atoms with Crippen molar-refractivity contribution in [1.29, 1.82) is 0 Å². The number of nitrogens with zero attached hydrogens (tertiary/aromatic N) is 2. The molecule has 0 saturated carbocycles. The zero-order chi connectivity index (χ0) is 20.8. The predicted octanol–water partition coefficient (Wildman–Crippen LogP) is 3.93. The van der Waals surface area contributed by atoms with Gasteiger partial charge in [-0.2, -0.15) is 0 Å². The molecule has 0 atom stereocenters. The van der Waals surface area contributed by atoms with Gasteiger partial charge < -0.3 is 20.3 Å². The van der Waals surface area contributed by atoms with Crippen LogP contribution in [-0.4, -0.2) is 38.1 Å². The number of anilines is 4. The second-order valence-corrected chi connectivity index (χ2v) is 6.52. The summed E-state index contributed by atoms with van der Waals surface area (Å²) < 4.78 is 4.65. The SMILES string of the molecule is COC(=O)c1ccc(NC(=O)c2ccc(Nc3ccc(N(C)C)cc3)cn2)cc1. The molecule has 7 heteroatoms. The number of benzene rings is 2. The lowest BCUT2D eigenvalue weighted by molar-refractivity contribution is 0.0600. The summed E-state index contributed by atoms with van der Waals surface area (Å²) in [4.78, 5) is 30.1. The number of carbonyl (C=O) groups is 2. The summed E-state index contributed by atoms with van der Waals surface area (Å²) in [5.74, 6) is -0.762. The summed E-state index contributed by atoms with van der Waals surface area (Å²) in [6, 6.07) is 17.9. The Hall–Kier alpha value is -3.87. The van der Waals surface area contributed by atoms with E-state index in [0.29, 0.717) is 11.3 Å². The monoisotopic (exact) mass is 390 g/mol. The molecule has 0 saturated heterocycles. The quantitative estimate of drug-likeness (QED) is 0.621. The van der Waals surface area contributed by atoms with E-state index in [-0.39, 0.29) is 11.6 Å². The van der Waals surface area contributed by atoms with Gasteiger partial charge in [0, 0.05) is 31.2 Å². The van der Waals surface area contributed by atoms with Crippen molar-refractivity contribution in [2.24, 2.45) is 0 Å². The highest BCUT2D eigenvalue weighted by molar-refractivity contribution is 6.03. The summed E-state index contributed by atoms with van der Waals surface area (Å²) in [7, 11) is 5.30. The van der Waals surface area contributed by atoms with Gasteiger partial charge in [0.15, 0.2) is 0 Å². The first-order valence-electron chi connectivity index (χ1n) is 8.96. The van der Waals surface area contributed by atoms with Crippen molar-refractivity contribution in [3.05, 3.63) is 78.1 Å². The lowest BCUT2D eigenvalue weighted by Gasteiger charge is -2.13. The van der Waals surface area contributed by atoms with Crippen molar-refractivity contribution >= 4 is 34.6 Å². The van der Waals surface area contributed by atoms with Crippen molar-refractivity contribution in [3.8, 4) is 0 Å². The molecule has 1 heterocycles. The molecule has 148 valence electrons. The van der Waals surface area contributed by atoms with E-state index in [1.54, 1.807) is 42.6 Å². The van der Waals surface area contributed by atoms with Crippen LogP contribution >= 0.6 is 0 Å². The largest absolute Gasteiger partial charge is 0.465 e. The lowest BCUT2D eigenvalue weighted by Crippen LogP contribution is -2.13. The zero-order valence-electron chi connectivity index (χ0n) is 16.5. The second-order valence-electron chi connectivity index (χ2n) is 6.52. The van der Waals surface area contributed by atoms with Gasteiger partial charge in [-0.1, -0.05) is 0 Å². The number of rotatable bonds is 6. The molecule has 0 radical (unpaired) electrons. The van der Waals surface area contributed by atoms with Crippen LogP contribution in [0.1, 0.15) is 20.8 Å². The first-order valence-corrected chi connectivity index (χ1v) is 8.96. The molecule has 0 spiro atoms. The molecule has 1 aromatic heterocycles. The number of nitrogens with one attached hydrogen (secondary N) is 2. The summed E-state index contributed by atoms with van der Waals surface area (Å²) in [6.45, 7) is 0. The van der Waals surface area contributed by atoms with Crippen LogP contribution in [-0.2, 0) is 4.74 Å². The van der Waals surface area contributed by atoms with Gasteiger partial charge in [0.05, 0.1) is 24.6 Å². The van der Waals surface area contributed by atoms with E-state index in [2.05, 4.69) is 20.4 Å². The number of esters is 1. The summed E-state index contributed by atoms with van der Waals surface area (Å²) in [6.07, 6.45) is 1.61. The van der Waals surface area contributed by atoms with Crippen molar-refractivity contribution in [2.75, 3.05) is 36.7 Å². The average molecular weight is 390 g/mol. The van der Waals surface area contributed by atoms with Crippen LogP contribution in [0.25, 0.3) is 0 Å². The maximum absolute atomic E-state index is 12.4. The predicted molar refractivity (Wildman–Crippen MR) is 114 cm³/mol. The molecule has 0 aliphatic heterocycles. The Morgan fingerprint density at radius 1 is 0.862 bits per heavy atom. The van der Waals surface area contributed by atoms with E-state index < -0.39 is 5.97 Å². The van der Waals surface area contributed by atoms with Crippen molar-refractivity contribution < 1.29 is 14.3 Å². The Bertz CT molecular complexity index is 982. The smallest absolute Gasteiger partial charge is 0.337 e. The van der Waals surface area contributed by atoms with Gasteiger partial charge in [0.1, 0.15) is 5.69 Å². The van der Waals surface area contributed by atoms with Crippen LogP contribution in [0.4, 0.5) is 22.7 Å². The number of ether oxygens (including phenoxy) is 1. The van der Waals surface area contributed by atoms with Gasteiger partial charge in [0.2, 0.25) is 0 Å². The third kappa shape index (κ3) is 5.10. The minimum Gasteiger partial charge on any atom is -0.465 e. The Labute approximate surface area is 169 Å². The molecule has 29 heavy (non-hydrogen) atoms. The minimum absolute atomic E-state index is 0.288. The van der Waals surface area contributed by atoms with Crippen molar-refractivity contribution in [3.63, 3.8) is 0 Å². The summed E-state index contributed by atoms with van der Waals surface area (Å²) >= 11 is 0. The highest BCUT2D eigenvalue weighted by atomic mass is 16.5. The van der Waals surface area contributed by atoms with E-state index in [0.717, 1.165) is 17.1 Å². The van der Waals surface area contributed by atoms with Crippen LogP contribution in [0.15, 0.2) is 66.9 Å². The van der Waals surface area contributed by atoms with Crippen LogP contribution in [0.5, 0.6) is 0 Å². The standard InChI is InChI=1S/C22H22N4O3/c1-26(2)19-11-8-16(9-12-19)24-18-10-13-20(23-14-18)21(27)25-17-6-4-15(5-7-17)22(28)29-3/h4-14,24H,1-3H3,(H,25,27). The Morgan fingerprint density at radius 3 is 2.03 bits per heavy atom. The molecule has 0 unspecified atom stereocenters. The van der Waals surface area contributed by atoms with Crippen molar-refractivity contribution in [1.82, 2.24) is 4.98 Å². The highest BCUT2D eigenvalue weighted by Crippen LogP contribution is 2.20.